The first-order chi connectivity index (χ1) is 13.1. The number of hydrogen-bond acceptors (Lipinski definition) is 7. The average Bonchev–Trinajstić information content (AvgIpc) is 2.72. The Morgan fingerprint density at radius 2 is 1.41 bits per heavy atom. The summed E-state index contributed by atoms with van der Waals surface area (Å²) in [5.74, 6) is 1.92. The van der Waals surface area contributed by atoms with Crippen LogP contribution in [-0.4, -0.2) is 47.7 Å². The Labute approximate surface area is 157 Å². The van der Waals surface area contributed by atoms with Crippen LogP contribution < -0.4 is 29.1 Å². The summed E-state index contributed by atoms with van der Waals surface area (Å²) in [4.78, 5) is 12.4. The smallest absolute Gasteiger partial charge is 0.271 e. The van der Waals surface area contributed by atoms with E-state index in [1.807, 2.05) is 0 Å². The summed E-state index contributed by atoms with van der Waals surface area (Å²) in [6.07, 6.45) is 1.50. The van der Waals surface area contributed by atoms with Gasteiger partial charge in [-0.25, -0.2) is 5.43 Å². The molecule has 27 heavy (non-hydrogen) atoms. The van der Waals surface area contributed by atoms with E-state index in [1.165, 1.54) is 27.5 Å². The van der Waals surface area contributed by atoms with Crippen molar-refractivity contribution in [2.75, 3.05) is 35.5 Å². The third-order valence-electron chi connectivity index (χ3n) is 3.71. The Bertz CT molecular complexity index is 810. The van der Waals surface area contributed by atoms with Gasteiger partial charge in [0, 0.05) is 5.56 Å². The van der Waals surface area contributed by atoms with Gasteiger partial charge in [0.15, 0.2) is 23.0 Å². The second-order valence-corrected chi connectivity index (χ2v) is 5.23. The van der Waals surface area contributed by atoms with Crippen LogP contribution in [0.25, 0.3) is 0 Å². The van der Waals surface area contributed by atoms with Gasteiger partial charge in [0.25, 0.3) is 5.91 Å². The summed E-state index contributed by atoms with van der Waals surface area (Å²) in [5, 5.41) is 3.97. The average molecular weight is 374 g/mol. The van der Waals surface area contributed by atoms with Crippen molar-refractivity contribution in [1.82, 2.24) is 5.43 Å². The molecule has 2 aromatic carbocycles. The van der Waals surface area contributed by atoms with Crippen molar-refractivity contribution in [2.24, 2.45) is 5.10 Å². The van der Waals surface area contributed by atoms with Crippen LogP contribution in [0.1, 0.15) is 15.9 Å². The molecule has 2 rings (SSSR count). The summed E-state index contributed by atoms with van der Waals surface area (Å²) in [6, 6.07) is 8.37. The molecule has 0 aliphatic carbocycles. The number of nitrogens with one attached hydrogen (secondary N) is 1. The number of carbonyl (C=O) groups excluding carboxylic acids is 1. The van der Waals surface area contributed by atoms with E-state index in [2.05, 4.69) is 10.5 Å². The van der Waals surface area contributed by atoms with E-state index in [4.69, 9.17) is 23.7 Å². The normalized spacial score (nSPS) is 10.4. The van der Waals surface area contributed by atoms with Crippen molar-refractivity contribution in [3.63, 3.8) is 0 Å². The molecule has 8 heteroatoms. The third kappa shape index (κ3) is 4.60. The van der Waals surface area contributed by atoms with E-state index in [1.54, 1.807) is 44.6 Å². The van der Waals surface area contributed by atoms with Crippen molar-refractivity contribution in [2.45, 2.75) is 0 Å². The quantitative estimate of drug-likeness (QED) is 0.564. The lowest BCUT2D eigenvalue weighted by molar-refractivity contribution is 0.0954. The predicted octanol–water partition coefficient (Wildman–Crippen LogP) is 2.49. The summed E-state index contributed by atoms with van der Waals surface area (Å²) >= 11 is 0. The minimum atomic E-state index is -0.425. The van der Waals surface area contributed by atoms with Gasteiger partial charge in [-0.1, -0.05) is 0 Å². The van der Waals surface area contributed by atoms with Crippen LogP contribution in [0.5, 0.6) is 28.7 Å². The molecule has 0 aromatic heterocycles. The molecule has 0 radical (unpaired) electrons. The fourth-order valence-corrected chi connectivity index (χ4v) is 2.38. The largest absolute Gasteiger partial charge is 0.493 e. The van der Waals surface area contributed by atoms with Gasteiger partial charge >= 0.3 is 0 Å². The second-order valence-electron chi connectivity index (χ2n) is 5.23. The number of amides is 1. The first kappa shape index (κ1) is 19.9. The zero-order valence-electron chi connectivity index (χ0n) is 15.9. The summed E-state index contributed by atoms with van der Waals surface area (Å²) in [6.45, 7) is 0. The van der Waals surface area contributed by atoms with Crippen LogP contribution >= 0.6 is 0 Å². The molecule has 0 spiro atoms. The highest BCUT2D eigenvalue weighted by Gasteiger charge is 2.16. The molecule has 1 amide bonds. The van der Waals surface area contributed by atoms with Crippen molar-refractivity contribution >= 4 is 12.1 Å². The Kier molecular flexibility index (Phi) is 6.87. The maximum atomic E-state index is 12.4. The summed E-state index contributed by atoms with van der Waals surface area (Å²) in [5.41, 5.74) is 3.51. The van der Waals surface area contributed by atoms with Gasteiger partial charge in [0.2, 0.25) is 5.75 Å². The summed E-state index contributed by atoms with van der Waals surface area (Å²) < 4.78 is 26.1. The number of methoxy groups -OCH3 is 5. The van der Waals surface area contributed by atoms with E-state index in [0.29, 0.717) is 34.3 Å². The topological polar surface area (TPSA) is 87.6 Å². The van der Waals surface area contributed by atoms with Crippen molar-refractivity contribution in [3.8, 4) is 28.7 Å². The molecule has 0 unspecified atom stereocenters. The van der Waals surface area contributed by atoms with Crippen LogP contribution in [0.2, 0.25) is 0 Å². The van der Waals surface area contributed by atoms with Gasteiger partial charge in [-0.2, -0.15) is 5.10 Å². The lowest BCUT2D eigenvalue weighted by atomic mass is 10.1. The first-order valence-corrected chi connectivity index (χ1v) is 7.93. The SMILES string of the molecule is COc1ccc(/C=N\NC(=O)c2cc(OC)c(OC)c(OC)c2)cc1OC. The zero-order chi connectivity index (χ0) is 19.8. The highest BCUT2D eigenvalue weighted by molar-refractivity contribution is 5.96. The van der Waals surface area contributed by atoms with Crippen LogP contribution in [0.3, 0.4) is 0 Å². The number of hydrogen-bond donors (Lipinski definition) is 1. The Hall–Kier alpha value is -3.42. The maximum absolute atomic E-state index is 12.4. The van der Waals surface area contributed by atoms with Gasteiger partial charge in [-0.15, -0.1) is 0 Å². The number of carbonyl (C=O) groups is 1. The Morgan fingerprint density at radius 1 is 0.815 bits per heavy atom. The molecule has 8 nitrogen and oxygen atoms in total. The van der Waals surface area contributed by atoms with Crippen LogP contribution in [0.4, 0.5) is 0 Å². The van der Waals surface area contributed by atoms with Gasteiger partial charge in [-0.05, 0) is 35.9 Å². The van der Waals surface area contributed by atoms with E-state index in [0.717, 1.165) is 5.56 Å². The minimum absolute atomic E-state index is 0.314. The fraction of sp³-hybridized carbons (Fsp3) is 0.263. The number of rotatable bonds is 8. The molecule has 0 aliphatic rings. The first-order valence-electron chi connectivity index (χ1n) is 7.93. The van der Waals surface area contributed by atoms with Crippen LogP contribution in [-0.2, 0) is 0 Å². The predicted molar refractivity (Wildman–Crippen MR) is 101 cm³/mol. The number of hydrazone groups is 1. The van der Waals surface area contributed by atoms with E-state index < -0.39 is 5.91 Å². The maximum Gasteiger partial charge on any atom is 0.271 e. The highest BCUT2D eigenvalue weighted by atomic mass is 16.5. The van der Waals surface area contributed by atoms with E-state index in [-0.39, 0.29) is 0 Å². The standard InChI is InChI=1S/C19H22N2O6/c1-23-14-7-6-12(8-15(14)24-2)11-20-21-19(22)13-9-16(25-3)18(27-5)17(10-13)26-4/h6-11H,1-5H3,(H,21,22)/b20-11-. The lowest BCUT2D eigenvalue weighted by Gasteiger charge is -2.13. The summed E-state index contributed by atoms with van der Waals surface area (Å²) in [7, 11) is 7.56. The molecule has 0 atom stereocenters. The molecule has 0 bridgehead atoms. The number of ether oxygens (including phenoxy) is 5. The molecule has 0 fully saturated rings. The molecule has 0 heterocycles. The molecular weight excluding hydrogens is 352 g/mol. The van der Waals surface area contributed by atoms with Crippen molar-refractivity contribution in [1.29, 1.82) is 0 Å². The van der Waals surface area contributed by atoms with E-state index >= 15 is 0 Å². The molecule has 2 aromatic rings. The van der Waals surface area contributed by atoms with Gasteiger partial charge < -0.3 is 23.7 Å². The van der Waals surface area contributed by atoms with E-state index in [9.17, 15) is 4.79 Å². The number of nitrogens with zero attached hydrogens (tertiary/aromatic N) is 1. The van der Waals surface area contributed by atoms with Crippen molar-refractivity contribution < 1.29 is 28.5 Å². The third-order valence-corrected chi connectivity index (χ3v) is 3.71. The van der Waals surface area contributed by atoms with Crippen molar-refractivity contribution in [3.05, 3.63) is 41.5 Å². The minimum Gasteiger partial charge on any atom is -0.493 e. The Balaban J connectivity index is 2.17. The number of benzene rings is 2. The van der Waals surface area contributed by atoms with Gasteiger partial charge in [0.1, 0.15) is 0 Å². The van der Waals surface area contributed by atoms with Gasteiger partial charge in [0.05, 0.1) is 41.8 Å². The Morgan fingerprint density at radius 3 is 1.93 bits per heavy atom. The van der Waals surface area contributed by atoms with Gasteiger partial charge in [-0.3, -0.25) is 4.79 Å². The fourth-order valence-electron chi connectivity index (χ4n) is 2.38. The molecule has 0 saturated carbocycles. The van der Waals surface area contributed by atoms with Crippen LogP contribution in [0.15, 0.2) is 35.4 Å². The monoisotopic (exact) mass is 374 g/mol. The lowest BCUT2D eigenvalue weighted by Crippen LogP contribution is -2.18. The molecule has 0 saturated heterocycles. The molecular formula is C19H22N2O6. The molecule has 1 N–H and O–H groups in total. The second kappa shape index (κ2) is 9.33. The molecule has 144 valence electrons. The highest BCUT2D eigenvalue weighted by Crippen LogP contribution is 2.38. The molecule has 0 aliphatic heterocycles. The van der Waals surface area contributed by atoms with Crippen LogP contribution in [0, 0.1) is 0 Å². The zero-order valence-corrected chi connectivity index (χ0v) is 15.9.